The first-order chi connectivity index (χ1) is 9.72. The Labute approximate surface area is 131 Å². The molecule has 0 saturated carbocycles. The monoisotopic (exact) mass is 332 g/mol. The van der Waals surface area contributed by atoms with Crippen molar-refractivity contribution < 1.29 is 13.2 Å². The zero-order valence-electron chi connectivity index (χ0n) is 12.5. The lowest BCUT2D eigenvalue weighted by Crippen LogP contribution is -2.32. The van der Waals surface area contributed by atoms with Gasteiger partial charge >= 0.3 is 0 Å². The predicted molar refractivity (Wildman–Crippen MR) is 84.9 cm³/mol. The number of halogens is 1. The summed E-state index contributed by atoms with van der Waals surface area (Å²) >= 11 is 5.81. The third kappa shape index (κ3) is 6.03. The van der Waals surface area contributed by atoms with Crippen LogP contribution in [0.4, 0.5) is 0 Å². The van der Waals surface area contributed by atoms with Gasteiger partial charge in [0.1, 0.15) is 0 Å². The summed E-state index contributed by atoms with van der Waals surface area (Å²) < 4.78 is 24.4. The van der Waals surface area contributed by atoms with E-state index in [2.05, 4.69) is 0 Å². The maximum absolute atomic E-state index is 11.9. The van der Waals surface area contributed by atoms with E-state index >= 15 is 0 Å². The van der Waals surface area contributed by atoms with Gasteiger partial charge in [-0.1, -0.05) is 23.7 Å². The first kappa shape index (κ1) is 17.9. The van der Waals surface area contributed by atoms with Gasteiger partial charge in [0.2, 0.25) is 15.9 Å². The molecule has 0 aliphatic carbocycles. The number of hydrogen-bond donors (Lipinski definition) is 0. The molecule has 0 unspecified atom stereocenters. The molecule has 0 spiro atoms. The zero-order chi connectivity index (χ0) is 16.0. The summed E-state index contributed by atoms with van der Waals surface area (Å²) in [6, 6.07) is 7.44. The molecule has 1 aromatic carbocycles. The van der Waals surface area contributed by atoms with Crippen LogP contribution in [0.25, 0.3) is 0 Å². The van der Waals surface area contributed by atoms with E-state index in [1.165, 1.54) is 14.1 Å². The number of hydrogen-bond acceptors (Lipinski definition) is 3. The van der Waals surface area contributed by atoms with Gasteiger partial charge in [0.25, 0.3) is 0 Å². The Hall–Kier alpha value is -1.11. The summed E-state index contributed by atoms with van der Waals surface area (Å²) in [4.78, 5) is 13.5. The molecule has 7 heteroatoms. The Kier molecular flexibility index (Phi) is 6.64. The highest BCUT2D eigenvalue weighted by molar-refractivity contribution is 7.89. The molecular weight excluding hydrogens is 312 g/mol. The number of benzene rings is 1. The fourth-order valence-corrected chi connectivity index (χ4v) is 2.59. The third-order valence-electron chi connectivity index (χ3n) is 3.21. The molecule has 21 heavy (non-hydrogen) atoms. The number of likely N-dealkylation sites (N-methyl/N-ethyl adjacent to an activating group) is 1. The maximum atomic E-state index is 11.9. The minimum atomic E-state index is -3.33. The lowest BCUT2D eigenvalue weighted by molar-refractivity contribution is -0.129. The number of amides is 1. The SMILES string of the molecule is CN(CCc1ccc(Cl)cc1)C(=O)CCS(=O)(=O)N(C)C. The van der Waals surface area contributed by atoms with E-state index in [-0.39, 0.29) is 18.1 Å². The third-order valence-corrected chi connectivity index (χ3v) is 5.29. The van der Waals surface area contributed by atoms with Gasteiger partial charge in [-0.2, -0.15) is 0 Å². The molecule has 0 aromatic heterocycles. The van der Waals surface area contributed by atoms with Crippen LogP contribution in [0.2, 0.25) is 5.02 Å². The van der Waals surface area contributed by atoms with Crippen LogP contribution in [-0.4, -0.2) is 57.0 Å². The molecule has 0 fully saturated rings. The van der Waals surface area contributed by atoms with Crippen LogP contribution >= 0.6 is 11.6 Å². The summed E-state index contributed by atoms with van der Waals surface area (Å²) in [6.45, 7) is 0.544. The molecule has 0 aliphatic heterocycles. The molecule has 1 aromatic rings. The van der Waals surface area contributed by atoms with Crippen molar-refractivity contribution in [1.29, 1.82) is 0 Å². The van der Waals surface area contributed by atoms with E-state index in [1.807, 2.05) is 24.3 Å². The van der Waals surface area contributed by atoms with Gasteiger partial charge in [0.15, 0.2) is 0 Å². The van der Waals surface area contributed by atoms with Crippen LogP contribution in [0.5, 0.6) is 0 Å². The fourth-order valence-electron chi connectivity index (χ4n) is 1.66. The average molecular weight is 333 g/mol. The molecule has 0 saturated heterocycles. The Morgan fingerprint density at radius 3 is 2.24 bits per heavy atom. The molecule has 0 radical (unpaired) electrons. The molecule has 0 atom stereocenters. The number of rotatable bonds is 7. The van der Waals surface area contributed by atoms with Crippen molar-refractivity contribution in [2.45, 2.75) is 12.8 Å². The van der Waals surface area contributed by atoms with Crippen LogP contribution in [0, 0.1) is 0 Å². The molecule has 0 aliphatic rings. The van der Waals surface area contributed by atoms with Crippen molar-refractivity contribution in [2.24, 2.45) is 0 Å². The molecule has 0 N–H and O–H groups in total. The van der Waals surface area contributed by atoms with Crippen LogP contribution in [0.3, 0.4) is 0 Å². The van der Waals surface area contributed by atoms with Crippen molar-refractivity contribution in [3.63, 3.8) is 0 Å². The number of carbonyl (C=O) groups excluding carboxylic acids is 1. The normalized spacial score (nSPS) is 11.7. The van der Waals surface area contributed by atoms with Gasteiger partial charge in [-0.15, -0.1) is 0 Å². The van der Waals surface area contributed by atoms with Gasteiger partial charge in [0.05, 0.1) is 5.75 Å². The Morgan fingerprint density at radius 2 is 1.71 bits per heavy atom. The summed E-state index contributed by atoms with van der Waals surface area (Å²) in [5.74, 6) is -0.334. The fraction of sp³-hybridized carbons (Fsp3) is 0.500. The standard InChI is InChI=1S/C14H21ClN2O3S/c1-16(2)21(19,20)11-9-14(18)17(3)10-8-12-4-6-13(15)7-5-12/h4-7H,8-11H2,1-3H3. The topological polar surface area (TPSA) is 57.7 Å². The van der Waals surface area contributed by atoms with E-state index in [0.29, 0.717) is 18.0 Å². The zero-order valence-corrected chi connectivity index (χ0v) is 14.1. The largest absolute Gasteiger partial charge is 0.345 e. The minimum absolute atomic E-state index is 0.00235. The Balaban J connectivity index is 2.43. The smallest absolute Gasteiger partial charge is 0.223 e. The van der Waals surface area contributed by atoms with E-state index in [4.69, 9.17) is 11.6 Å². The van der Waals surface area contributed by atoms with Gasteiger partial charge in [-0.3, -0.25) is 4.79 Å². The molecule has 0 bridgehead atoms. The summed E-state index contributed by atoms with van der Waals surface area (Å²) in [5, 5.41) is 0.678. The number of nitrogens with zero attached hydrogens (tertiary/aromatic N) is 2. The van der Waals surface area contributed by atoms with Gasteiger partial charge < -0.3 is 4.90 Å². The molecule has 0 heterocycles. The lowest BCUT2D eigenvalue weighted by Gasteiger charge is -2.18. The van der Waals surface area contributed by atoms with Crippen LogP contribution in [0.1, 0.15) is 12.0 Å². The van der Waals surface area contributed by atoms with Crippen molar-refractivity contribution >= 4 is 27.5 Å². The molecule has 5 nitrogen and oxygen atoms in total. The summed E-state index contributed by atoms with van der Waals surface area (Å²) in [5.41, 5.74) is 1.08. The second-order valence-electron chi connectivity index (χ2n) is 5.04. The summed E-state index contributed by atoms with van der Waals surface area (Å²) in [7, 11) is 1.28. The Morgan fingerprint density at radius 1 is 1.14 bits per heavy atom. The Bertz CT molecular complexity index is 570. The van der Waals surface area contributed by atoms with E-state index < -0.39 is 10.0 Å². The van der Waals surface area contributed by atoms with Gasteiger partial charge in [0, 0.05) is 39.1 Å². The van der Waals surface area contributed by atoms with Gasteiger partial charge in [-0.05, 0) is 24.1 Å². The van der Waals surface area contributed by atoms with Crippen LogP contribution < -0.4 is 0 Å². The molecular formula is C14H21ClN2O3S. The van der Waals surface area contributed by atoms with E-state index in [9.17, 15) is 13.2 Å². The minimum Gasteiger partial charge on any atom is -0.345 e. The predicted octanol–water partition coefficient (Wildman–Crippen LogP) is 1.62. The van der Waals surface area contributed by atoms with Gasteiger partial charge in [-0.25, -0.2) is 12.7 Å². The second-order valence-corrected chi connectivity index (χ2v) is 7.78. The highest BCUT2D eigenvalue weighted by Crippen LogP contribution is 2.10. The summed E-state index contributed by atoms with van der Waals surface area (Å²) in [6.07, 6.45) is 0.706. The van der Waals surface area contributed by atoms with E-state index in [0.717, 1.165) is 9.87 Å². The van der Waals surface area contributed by atoms with Crippen molar-refractivity contribution in [3.8, 4) is 0 Å². The second kappa shape index (κ2) is 7.77. The molecule has 1 rings (SSSR count). The maximum Gasteiger partial charge on any atom is 0.223 e. The average Bonchev–Trinajstić information content (AvgIpc) is 2.43. The van der Waals surface area contributed by atoms with Crippen LogP contribution in [0.15, 0.2) is 24.3 Å². The quantitative estimate of drug-likeness (QED) is 0.762. The van der Waals surface area contributed by atoms with Crippen molar-refractivity contribution in [2.75, 3.05) is 33.4 Å². The van der Waals surface area contributed by atoms with Crippen molar-refractivity contribution in [1.82, 2.24) is 9.21 Å². The highest BCUT2D eigenvalue weighted by atomic mass is 35.5. The lowest BCUT2D eigenvalue weighted by atomic mass is 10.1. The number of sulfonamides is 1. The van der Waals surface area contributed by atoms with Crippen LogP contribution in [-0.2, 0) is 21.2 Å². The van der Waals surface area contributed by atoms with E-state index in [1.54, 1.807) is 11.9 Å². The van der Waals surface area contributed by atoms with Crippen molar-refractivity contribution in [3.05, 3.63) is 34.9 Å². The number of carbonyl (C=O) groups is 1. The highest BCUT2D eigenvalue weighted by Gasteiger charge is 2.17. The first-order valence-corrected chi connectivity index (χ1v) is 8.59. The molecule has 1 amide bonds. The molecule has 118 valence electrons. The first-order valence-electron chi connectivity index (χ1n) is 6.61.